The summed E-state index contributed by atoms with van der Waals surface area (Å²) in [4.78, 5) is 14.4. The molecule has 0 radical (unpaired) electrons. The van der Waals surface area contributed by atoms with Crippen molar-refractivity contribution in [3.8, 4) is 0 Å². The maximum Gasteiger partial charge on any atom is 0.271 e. The molecule has 0 atom stereocenters. The Kier molecular flexibility index (Phi) is 5.27. The highest BCUT2D eigenvalue weighted by atomic mass is 127. The number of nitrogens with one attached hydrogen (secondary N) is 1. The molecule has 23 heavy (non-hydrogen) atoms. The molecule has 0 aromatic heterocycles. The molecule has 2 aromatic rings. The fourth-order valence-corrected chi connectivity index (χ4v) is 3.18. The van der Waals surface area contributed by atoms with Crippen molar-refractivity contribution in [2.75, 3.05) is 18.0 Å². The van der Waals surface area contributed by atoms with Crippen LogP contribution in [-0.2, 0) is 0 Å². The molecule has 5 heteroatoms. The first kappa shape index (κ1) is 16.0. The van der Waals surface area contributed by atoms with Gasteiger partial charge in [0.15, 0.2) is 0 Å². The van der Waals surface area contributed by atoms with Crippen molar-refractivity contribution in [2.24, 2.45) is 5.10 Å². The Hall–Kier alpha value is -1.89. The molecule has 118 valence electrons. The van der Waals surface area contributed by atoms with Crippen LogP contribution in [0, 0.1) is 3.57 Å². The van der Waals surface area contributed by atoms with Gasteiger partial charge in [0.25, 0.3) is 5.91 Å². The first-order chi connectivity index (χ1) is 11.2. The van der Waals surface area contributed by atoms with Gasteiger partial charge in [0.05, 0.1) is 6.21 Å². The number of amides is 1. The van der Waals surface area contributed by atoms with Crippen LogP contribution in [0.2, 0.25) is 0 Å². The Balaban J connectivity index is 1.59. The molecule has 2 aromatic carbocycles. The summed E-state index contributed by atoms with van der Waals surface area (Å²) in [6.07, 6.45) is 4.14. The quantitative estimate of drug-likeness (QED) is 0.467. The average Bonchev–Trinajstić information content (AvgIpc) is 3.09. The number of carbonyl (C=O) groups excluding carboxylic acids is 1. The number of hydrazone groups is 1. The minimum atomic E-state index is -0.195. The minimum absolute atomic E-state index is 0.195. The lowest BCUT2D eigenvalue weighted by atomic mass is 10.2. The monoisotopic (exact) mass is 419 g/mol. The standard InChI is InChI=1S/C18H18IN3O/c19-16-5-3-4-14(12-16)13-20-21-18(23)15-6-8-17(9-7-15)22-10-1-2-11-22/h3-9,12-13H,1-2,10-11H2,(H,21,23)/b20-13-. The number of nitrogens with zero attached hydrogens (tertiary/aromatic N) is 2. The molecular formula is C18H18IN3O. The van der Waals surface area contributed by atoms with Crippen molar-refractivity contribution in [1.29, 1.82) is 0 Å². The van der Waals surface area contributed by atoms with Crippen LogP contribution in [0.1, 0.15) is 28.8 Å². The van der Waals surface area contributed by atoms with Crippen LogP contribution >= 0.6 is 22.6 Å². The SMILES string of the molecule is O=C(N/N=C\c1cccc(I)c1)c1ccc(N2CCCC2)cc1. The predicted molar refractivity (Wildman–Crippen MR) is 102 cm³/mol. The zero-order chi connectivity index (χ0) is 16.1. The van der Waals surface area contributed by atoms with E-state index < -0.39 is 0 Å². The molecule has 0 aliphatic carbocycles. The molecule has 1 aliphatic rings. The molecule has 1 aliphatic heterocycles. The zero-order valence-electron chi connectivity index (χ0n) is 12.7. The lowest BCUT2D eigenvalue weighted by molar-refractivity contribution is 0.0955. The van der Waals surface area contributed by atoms with E-state index in [0.717, 1.165) is 22.2 Å². The highest BCUT2D eigenvalue weighted by Crippen LogP contribution is 2.20. The van der Waals surface area contributed by atoms with Crippen molar-refractivity contribution in [1.82, 2.24) is 5.43 Å². The van der Waals surface area contributed by atoms with Gasteiger partial charge in [-0.15, -0.1) is 0 Å². The topological polar surface area (TPSA) is 44.7 Å². The van der Waals surface area contributed by atoms with Gasteiger partial charge in [-0.2, -0.15) is 5.10 Å². The lowest BCUT2D eigenvalue weighted by Gasteiger charge is -2.17. The zero-order valence-corrected chi connectivity index (χ0v) is 14.9. The van der Waals surface area contributed by atoms with Crippen molar-refractivity contribution < 1.29 is 4.79 Å². The average molecular weight is 419 g/mol. The number of halogens is 1. The van der Waals surface area contributed by atoms with Gasteiger partial charge in [-0.3, -0.25) is 4.79 Å². The van der Waals surface area contributed by atoms with Gasteiger partial charge < -0.3 is 4.90 Å². The van der Waals surface area contributed by atoms with Gasteiger partial charge in [-0.1, -0.05) is 12.1 Å². The minimum Gasteiger partial charge on any atom is -0.372 e. The summed E-state index contributed by atoms with van der Waals surface area (Å²) in [5, 5.41) is 4.02. The lowest BCUT2D eigenvalue weighted by Crippen LogP contribution is -2.19. The second-order valence-corrected chi connectivity index (χ2v) is 6.74. The Morgan fingerprint density at radius 2 is 1.87 bits per heavy atom. The molecule has 0 spiro atoms. The van der Waals surface area contributed by atoms with E-state index in [1.54, 1.807) is 6.21 Å². The van der Waals surface area contributed by atoms with Crippen LogP contribution in [0.5, 0.6) is 0 Å². The Morgan fingerprint density at radius 3 is 2.57 bits per heavy atom. The molecular weight excluding hydrogens is 401 g/mol. The van der Waals surface area contributed by atoms with Gasteiger partial charge >= 0.3 is 0 Å². The summed E-state index contributed by atoms with van der Waals surface area (Å²) < 4.78 is 1.13. The fraction of sp³-hybridized carbons (Fsp3) is 0.222. The summed E-state index contributed by atoms with van der Waals surface area (Å²) in [6, 6.07) is 15.6. The Labute approximate surface area is 149 Å². The van der Waals surface area contributed by atoms with E-state index in [2.05, 4.69) is 38.0 Å². The second kappa shape index (κ2) is 7.59. The van der Waals surface area contributed by atoms with Gasteiger partial charge in [-0.25, -0.2) is 5.43 Å². The molecule has 0 saturated carbocycles. The summed E-state index contributed by atoms with van der Waals surface area (Å²) in [5.74, 6) is -0.195. The van der Waals surface area contributed by atoms with E-state index >= 15 is 0 Å². The van der Waals surface area contributed by atoms with Crippen LogP contribution in [0.4, 0.5) is 5.69 Å². The molecule has 1 heterocycles. The molecule has 1 N–H and O–H groups in total. The van der Waals surface area contributed by atoms with Gasteiger partial charge in [0, 0.05) is 27.9 Å². The fourth-order valence-electron chi connectivity index (χ4n) is 2.62. The van der Waals surface area contributed by atoms with E-state index in [0.29, 0.717) is 5.56 Å². The van der Waals surface area contributed by atoms with Crippen molar-refractivity contribution in [3.05, 3.63) is 63.2 Å². The van der Waals surface area contributed by atoms with Crippen LogP contribution in [0.15, 0.2) is 53.6 Å². The van der Waals surface area contributed by atoms with E-state index in [1.807, 2.05) is 48.5 Å². The number of benzene rings is 2. The highest BCUT2D eigenvalue weighted by Gasteiger charge is 2.12. The highest BCUT2D eigenvalue weighted by molar-refractivity contribution is 14.1. The maximum absolute atomic E-state index is 12.1. The summed E-state index contributed by atoms with van der Waals surface area (Å²) in [6.45, 7) is 2.21. The van der Waals surface area contributed by atoms with Crippen LogP contribution < -0.4 is 10.3 Å². The summed E-state index contributed by atoms with van der Waals surface area (Å²) in [5.41, 5.74) is 5.33. The maximum atomic E-state index is 12.1. The molecule has 1 fully saturated rings. The number of hydrogen-bond donors (Lipinski definition) is 1. The Bertz CT molecular complexity index is 706. The molecule has 1 amide bonds. The van der Waals surface area contributed by atoms with Crippen LogP contribution in [-0.4, -0.2) is 25.2 Å². The predicted octanol–water partition coefficient (Wildman–Crippen LogP) is 3.66. The Morgan fingerprint density at radius 1 is 1.13 bits per heavy atom. The third-order valence-electron chi connectivity index (χ3n) is 3.83. The molecule has 1 saturated heterocycles. The second-order valence-electron chi connectivity index (χ2n) is 5.50. The number of anilines is 1. The molecule has 3 rings (SSSR count). The molecule has 0 bridgehead atoms. The first-order valence-corrected chi connectivity index (χ1v) is 8.74. The number of rotatable bonds is 4. The van der Waals surface area contributed by atoms with E-state index in [4.69, 9.17) is 0 Å². The molecule has 0 unspecified atom stereocenters. The third kappa shape index (κ3) is 4.31. The molecule has 4 nitrogen and oxygen atoms in total. The summed E-state index contributed by atoms with van der Waals surface area (Å²) >= 11 is 2.25. The van der Waals surface area contributed by atoms with Crippen LogP contribution in [0.25, 0.3) is 0 Å². The van der Waals surface area contributed by atoms with Crippen molar-refractivity contribution in [3.63, 3.8) is 0 Å². The smallest absolute Gasteiger partial charge is 0.271 e. The summed E-state index contributed by atoms with van der Waals surface area (Å²) in [7, 11) is 0. The van der Waals surface area contributed by atoms with Gasteiger partial charge in [-0.05, 0) is 77.4 Å². The largest absolute Gasteiger partial charge is 0.372 e. The normalized spacial score (nSPS) is 14.4. The first-order valence-electron chi connectivity index (χ1n) is 7.66. The van der Waals surface area contributed by atoms with Gasteiger partial charge in [0.2, 0.25) is 0 Å². The van der Waals surface area contributed by atoms with E-state index in [9.17, 15) is 4.79 Å². The number of carbonyl (C=O) groups is 1. The van der Waals surface area contributed by atoms with Crippen molar-refractivity contribution >= 4 is 40.4 Å². The van der Waals surface area contributed by atoms with Gasteiger partial charge in [0.1, 0.15) is 0 Å². The van der Waals surface area contributed by atoms with E-state index in [-0.39, 0.29) is 5.91 Å². The van der Waals surface area contributed by atoms with Crippen LogP contribution in [0.3, 0.4) is 0 Å². The van der Waals surface area contributed by atoms with Crippen molar-refractivity contribution in [2.45, 2.75) is 12.8 Å². The number of hydrogen-bond acceptors (Lipinski definition) is 3. The third-order valence-corrected chi connectivity index (χ3v) is 4.50. The van der Waals surface area contributed by atoms with E-state index in [1.165, 1.54) is 18.5 Å².